The Bertz CT molecular complexity index is 1240. The van der Waals surface area contributed by atoms with Crippen LogP contribution >= 0.6 is 0 Å². The number of hydrogen-bond acceptors (Lipinski definition) is 5. The molecular weight excluding hydrogens is 708 g/mol. The van der Waals surface area contributed by atoms with Gasteiger partial charge in [-0.25, -0.2) is 4.99 Å². The summed E-state index contributed by atoms with van der Waals surface area (Å²) in [5, 5.41) is 0. The standard InChI is InChI=1S/C35H56F3NO4.C5H12.C3H5F3/c1-12-16-27(22-25(4)34(19-20-34)35(36,37)38)26(5)39-29(13-2)30(40)18-15-14-17-28(23-42-32(6,7)8)24(3)21-31(41)43-33(9,10)11;1-4-5(2)3;1-2-3(4,5)6/h13,16,22,24,28H,12,14-15,17-21,23H2,1-11H3;5H,4H2,1-3H3;2H2,1H3/b25-22+,27-16-,29-13-,39-26-;;. The number of nitrogens with zero attached hydrogens (tertiary/aromatic N) is 1. The molecule has 316 valence electrons. The maximum absolute atomic E-state index is 13.6. The summed E-state index contributed by atoms with van der Waals surface area (Å²) in [5.74, 6) is 0.742. The summed E-state index contributed by atoms with van der Waals surface area (Å²) in [6, 6.07) is 0. The third kappa shape index (κ3) is 24.2. The highest BCUT2D eigenvalue weighted by Gasteiger charge is 2.64. The highest BCUT2D eigenvalue weighted by molar-refractivity contribution is 6.05. The van der Waals surface area contributed by atoms with E-state index >= 15 is 0 Å². The summed E-state index contributed by atoms with van der Waals surface area (Å²) in [6.45, 7) is 28.8. The summed E-state index contributed by atoms with van der Waals surface area (Å²) in [6.07, 6.45) is 1.14. The normalized spacial score (nSPS) is 16.9. The van der Waals surface area contributed by atoms with E-state index in [2.05, 4.69) is 25.8 Å². The fraction of sp³-hybridized carbons (Fsp3) is 0.791. The SMILES string of the molecule is CCC(C)C.CCC(F)(F)F.C\C=C(/N=C(C)\C(=C/CC)\C=C(/C)C1(C(F)(F)F)CC1)C(=O)CCCCC(COC(C)(C)C)C(C)CC(=O)OC(C)(C)C. The molecule has 11 heteroatoms. The predicted molar refractivity (Wildman–Crippen MR) is 210 cm³/mol. The zero-order valence-corrected chi connectivity index (χ0v) is 36.1. The molecule has 0 aromatic carbocycles. The number of esters is 1. The topological polar surface area (TPSA) is 65.0 Å². The Morgan fingerprint density at radius 1 is 0.870 bits per heavy atom. The van der Waals surface area contributed by atoms with E-state index in [0.717, 1.165) is 25.7 Å². The van der Waals surface area contributed by atoms with Crippen molar-refractivity contribution in [2.24, 2.45) is 28.2 Å². The molecular formula is C43H73F6NO4. The van der Waals surface area contributed by atoms with Crippen molar-refractivity contribution >= 4 is 17.5 Å². The fourth-order valence-electron chi connectivity index (χ4n) is 4.98. The fourth-order valence-corrected chi connectivity index (χ4v) is 4.98. The zero-order valence-electron chi connectivity index (χ0n) is 36.1. The van der Waals surface area contributed by atoms with Crippen LogP contribution in [-0.2, 0) is 19.1 Å². The van der Waals surface area contributed by atoms with Crippen LogP contribution in [0.5, 0.6) is 0 Å². The van der Waals surface area contributed by atoms with E-state index < -0.39 is 29.8 Å². The van der Waals surface area contributed by atoms with Gasteiger partial charge in [-0.2, -0.15) is 26.3 Å². The molecule has 0 N–H and O–H groups in total. The number of unbranched alkanes of at least 4 members (excludes halogenated alkanes) is 1. The lowest BCUT2D eigenvalue weighted by atomic mass is 9.87. The van der Waals surface area contributed by atoms with E-state index in [0.29, 0.717) is 49.3 Å². The van der Waals surface area contributed by atoms with Gasteiger partial charge in [0.1, 0.15) is 11.3 Å². The molecule has 0 radical (unpaired) electrons. The first-order valence-electron chi connectivity index (χ1n) is 19.6. The van der Waals surface area contributed by atoms with Crippen molar-refractivity contribution in [3.8, 4) is 0 Å². The molecule has 2 unspecified atom stereocenters. The van der Waals surface area contributed by atoms with E-state index in [4.69, 9.17) is 9.47 Å². The minimum atomic E-state index is -4.27. The van der Waals surface area contributed by atoms with Crippen molar-refractivity contribution in [3.63, 3.8) is 0 Å². The number of carbonyl (C=O) groups is 2. The molecule has 1 aliphatic carbocycles. The van der Waals surface area contributed by atoms with Crippen LogP contribution in [-0.4, -0.2) is 47.6 Å². The van der Waals surface area contributed by atoms with Crippen LogP contribution in [0, 0.1) is 23.2 Å². The van der Waals surface area contributed by atoms with Gasteiger partial charge in [-0.15, -0.1) is 0 Å². The second-order valence-corrected chi connectivity index (χ2v) is 16.7. The Morgan fingerprint density at radius 2 is 1.39 bits per heavy atom. The minimum absolute atomic E-state index is 0.0543. The predicted octanol–water partition coefficient (Wildman–Crippen LogP) is 13.9. The lowest BCUT2D eigenvalue weighted by Crippen LogP contribution is -2.30. The van der Waals surface area contributed by atoms with Crippen LogP contribution in [0.3, 0.4) is 0 Å². The van der Waals surface area contributed by atoms with Crippen molar-refractivity contribution in [1.29, 1.82) is 0 Å². The number of alkyl halides is 6. The number of carbonyl (C=O) groups excluding carboxylic acids is 2. The average molecular weight is 782 g/mol. The van der Waals surface area contributed by atoms with E-state index in [9.17, 15) is 35.9 Å². The van der Waals surface area contributed by atoms with Crippen molar-refractivity contribution in [2.75, 3.05) is 6.61 Å². The second kappa shape index (κ2) is 24.3. The quantitative estimate of drug-likeness (QED) is 0.0368. The number of halogens is 6. The summed E-state index contributed by atoms with van der Waals surface area (Å²) in [7, 11) is 0. The summed E-state index contributed by atoms with van der Waals surface area (Å²) < 4.78 is 84.8. The van der Waals surface area contributed by atoms with Crippen molar-refractivity contribution in [1.82, 2.24) is 0 Å². The highest BCUT2D eigenvalue weighted by Crippen LogP contribution is 2.62. The third-order valence-electron chi connectivity index (χ3n) is 9.00. The lowest BCUT2D eigenvalue weighted by molar-refractivity contribution is -0.175. The lowest BCUT2D eigenvalue weighted by Gasteiger charge is -2.29. The Balaban J connectivity index is 0. The molecule has 0 spiro atoms. The van der Waals surface area contributed by atoms with E-state index in [1.807, 2.05) is 61.5 Å². The first kappa shape index (κ1) is 53.7. The minimum Gasteiger partial charge on any atom is -0.460 e. The second-order valence-electron chi connectivity index (χ2n) is 16.7. The number of hydrogen-bond donors (Lipinski definition) is 0. The maximum Gasteiger partial charge on any atom is 0.398 e. The van der Waals surface area contributed by atoms with Crippen LogP contribution in [0.2, 0.25) is 0 Å². The summed E-state index contributed by atoms with van der Waals surface area (Å²) in [4.78, 5) is 30.1. The van der Waals surface area contributed by atoms with Crippen LogP contribution in [0.25, 0.3) is 0 Å². The average Bonchev–Trinajstić information content (AvgIpc) is 3.84. The van der Waals surface area contributed by atoms with Crippen molar-refractivity contribution in [2.45, 2.75) is 192 Å². The Kier molecular flexibility index (Phi) is 24.1. The first-order valence-corrected chi connectivity index (χ1v) is 19.6. The van der Waals surface area contributed by atoms with E-state index in [-0.39, 0.29) is 47.6 Å². The number of ketones is 1. The van der Waals surface area contributed by atoms with Crippen LogP contribution in [0.1, 0.15) is 168 Å². The molecule has 1 rings (SSSR count). The van der Waals surface area contributed by atoms with Crippen molar-refractivity contribution in [3.05, 3.63) is 35.1 Å². The molecule has 0 heterocycles. The molecule has 1 saturated carbocycles. The molecule has 0 amide bonds. The van der Waals surface area contributed by atoms with Gasteiger partial charge in [-0.1, -0.05) is 78.2 Å². The molecule has 0 bridgehead atoms. The number of ether oxygens (including phenoxy) is 2. The molecule has 1 fully saturated rings. The van der Waals surface area contributed by atoms with Gasteiger partial charge in [-0.05, 0) is 118 Å². The summed E-state index contributed by atoms with van der Waals surface area (Å²) >= 11 is 0. The smallest absolute Gasteiger partial charge is 0.398 e. The Hall–Kier alpha value is -2.43. The van der Waals surface area contributed by atoms with Gasteiger partial charge in [0.05, 0.1) is 17.6 Å². The number of Topliss-reactive ketones (excluding diaryl/α,β-unsaturated/α-hetero) is 1. The third-order valence-corrected chi connectivity index (χ3v) is 9.00. The van der Waals surface area contributed by atoms with Gasteiger partial charge in [0.15, 0.2) is 5.78 Å². The summed E-state index contributed by atoms with van der Waals surface area (Å²) in [5.41, 5.74) is -0.841. The van der Waals surface area contributed by atoms with Crippen LogP contribution in [0.15, 0.2) is 40.1 Å². The van der Waals surface area contributed by atoms with Gasteiger partial charge in [0.2, 0.25) is 0 Å². The molecule has 5 nitrogen and oxygen atoms in total. The van der Waals surface area contributed by atoms with Gasteiger partial charge < -0.3 is 9.47 Å². The largest absolute Gasteiger partial charge is 0.460 e. The highest BCUT2D eigenvalue weighted by atomic mass is 19.4. The zero-order chi connectivity index (χ0) is 42.7. The van der Waals surface area contributed by atoms with E-state index in [1.165, 1.54) is 13.3 Å². The van der Waals surface area contributed by atoms with Gasteiger partial charge in [0.25, 0.3) is 0 Å². The number of aliphatic imine (C=N–C) groups is 1. The van der Waals surface area contributed by atoms with Gasteiger partial charge in [-0.3, -0.25) is 9.59 Å². The molecule has 1 aliphatic rings. The molecule has 0 aliphatic heterocycles. The van der Waals surface area contributed by atoms with Gasteiger partial charge in [0, 0.05) is 25.0 Å². The maximum atomic E-state index is 13.6. The Labute approximate surface area is 323 Å². The first-order chi connectivity index (χ1) is 24.5. The molecule has 0 saturated heterocycles. The van der Waals surface area contributed by atoms with E-state index in [1.54, 1.807) is 26.0 Å². The molecule has 0 aromatic heterocycles. The number of allylic oxidation sites excluding steroid dienone is 6. The van der Waals surface area contributed by atoms with Crippen molar-refractivity contribution < 1.29 is 45.4 Å². The van der Waals surface area contributed by atoms with Gasteiger partial charge >= 0.3 is 18.3 Å². The molecule has 54 heavy (non-hydrogen) atoms. The number of rotatable bonds is 17. The molecule has 0 aromatic rings. The monoisotopic (exact) mass is 782 g/mol. The molecule has 2 atom stereocenters. The van der Waals surface area contributed by atoms with Crippen LogP contribution in [0.4, 0.5) is 26.3 Å². The van der Waals surface area contributed by atoms with Crippen LogP contribution < -0.4 is 0 Å². The Morgan fingerprint density at radius 3 is 1.76 bits per heavy atom.